The second-order valence-electron chi connectivity index (χ2n) is 3.61. The molecule has 0 aromatic heterocycles. The Labute approximate surface area is 85.9 Å². The van der Waals surface area contributed by atoms with Gasteiger partial charge in [0.15, 0.2) is 6.61 Å². The van der Waals surface area contributed by atoms with E-state index in [1.165, 1.54) is 0 Å². The maximum absolute atomic E-state index is 11.6. The summed E-state index contributed by atoms with van der Waals surface area (Å²) in [6.45, 7) is 2.18. The van der Waals surface area contributed by atoms with E-state index >= 15 is 0 Å². The van der Waals surface area contributed by atoms with Gasteiger partial charge in [-0.3, -0.25) is 9.63 Å². The smallest absolute Gasteiger partial charge is 0.320 e. The van der Waals surface area contributed by atoms with E-state index < -0.39 is 24.7 Å². The van der Waals surface area contributed by atoms with Crippen LogP contribution >= 0.6 is 0 Å². The first kappa shape index (κ1) is 14.2. The summed E-state index contributed by atoms with van der Waals surface area (Å²) >= 11 is 0. The Morgan fingerprint density at radius 3 is 2.40 bits per heavy atom. The van der Waals surface area contributed by atoms with E-state index in [0.29, 0.717) is 6.42 Å². The van der Waals surface area contributed by atoms with E-state index in [-0.39, 0.29) is 5.92 Å². The molecule has 0 fully saturated rings. The lowest BCUT2D eigenvalue weighted by atomic mass is 10.0. The van der Waals surface area contributed by atoms with Crippen molar-refractivity contribution in [2.75, 3.05) is 6.61 Å². The molecule has 0 bridgehead atoms. The van der Waals surface area contributed by atoms with Crippen LogP contribution in [0.1, 0.15) is 20.3 Å². The molecule has 1 atom stereocenters. The van der Waals surface area contributed by atoms with Crippen LogP contribution in [0.4, 0.5) is 13.2 Å². The van der Waals surface area contributed by atoms with E-state index in [1.54, 1.807) is 5.48 Å². The van der Waals surface area contributed by atoms with Crippen LogP contribution in [0, 0.1) is 5.92 Å². The number of hydrogen-bond acceptors (Lipinski definition) is 3. The lowest BCUT2D eigenvalue weighted by Crippen LogP contribution is -2.42. The number of rotatable bonds is 5. The van der Waals surface area contributed by atoms with Gasteiger partial charge in [0.25, 0.3) is 5.91 Å². The Morgan fingerprint density at radius 1 is 1.47 bits per heavy atom. The van der Waals surface area contributed by atoms with Gasteiger partial charge in [-0.25, -0.2) is 5.48 Å². The minimum Gasteiger partial charge on any atom is -0.320 e. The molecular weight excluding hydrogens is 213 g/mol. The molecule has 0 unspecified atom stereocenters. The summed E-state index contributed by atoms with van der Waals surface area (Å²) in [5.41, 5.74) is 7.06. The summed E-state index contributed by atoms with van der Waals surface area (Å²) in [7, 11) is 0. The predicted molar refractivity (Wildman–Crippen MR) is 47.6 cm³/mol. The molecule has 0 heterocycles. The lowest BCUT2D eigenvalue weighted by molar-refractivity contribution is -0.192. The predicted octanol–water partition coefficient (Wildman–Crippen LogP) is 0.970. The molecule has 15 heavy (non-hydrogen) atoms. The third kappa shape index (κ3) is 8.19. The van der Waals surface area contributed by atoms with Crippen molar-refractivity contribution >= 4 is 5.91 Å². The first-order chi connectivity index (χ1) is 6.72. The highest BCUT2D eigenvalue weighted by molar-refractivity contribution is 5.80. The number of halogens is 3. The van der Waals surface area contributed by atoms with E-state index in [1.807, 2.05) is 13.8 Å². The number of hydroxylamine groups is 1. The van der Waals surface area contributed by atoms with Crippen LogP contribution in [0.15, 0.2) is 0 Å². The minimum atomic E-state index is -4.46. The summed E-state index contributed by atoms with van der Waals surface area (Å²) in [5.74, 6) is -0.554. The van der Waals surface area contributed by atoms with Crippen LogP contribution in [0.5, 0.6) is 0 Å². The van der Waals surface area contributed by atoms with Gasteiger partial charge < -0.3 is 5.73 Å². The topological polar surface area (TPSA) is 64.4 Å². The van der Waals surface area contributed by atoms with E-state index in [4.69, 9.17) is 5.73 Å². The molecule has 3 N–H and O–H groups in total. The van der Waals surface area contributed by atoms with Gasteiger partial charge in [-0.15, -0.1) is 0 Å². The van der Waals surface area contributed by atoms with Gasteiger partial charge in [-0.05, 0) is 12.3 Å². The number of nitrogens with one attached hydrogen (secondary N) is 1. The summed E-state index contributed by atoms with van der Waals surface area (Å²) in [6.07, 6.45) is -4.07. The zero-order chi connectivity index (χ0) is 12.1. The summed E-state index contributed by atoms with van der Waals surface area (Å²) in [6, 6.07) is -0.849. The van der Waals surface area contributed by atoms with Gasteiger partial charge in [-0.1, -0.05) is 13.8 Å². The molecule has 0 saturated carbocycles. The Bertz CT molecular complexity index is 207. The molecule has 0 aromatic rings. The van der Waals surface area contributed by atoms with Gasteiger partial charge in [0.1, 0.15) is 0 Å². The highest BCUT2D eigenvalue weighted by Crippen LogP contribution is 2.13. The van der Waals surface area contributed by atoms with Gasteiger partial charge in [0.2, 0.25) is 0 Å². The van der Waals surface area contributed by atoms with Crippen LogP contribution in [-0.2, 0) is 9.63 Å². The molecule has 0 spiro atoms. The zero-order valence-electron chi connectivity index (χ0n) is 8.60. The molecule has 7 heteroatoms. The quantitative estimate of drug-likeness (QED) is 0.689. The molecule has 0 radical (unpaired) electrons. The second-order valence-corrected chi connectivity index (χ2v) is 3.61. The summed E-state index contributed by atoms with van der Waals surface area (Å²) < 4.78 is 34.8. The van der Waals surface area contributed by atoms with Crippen molar-refractivity contribution in [3.8, 4) is 0 Å². The third-order valence-electron chi connectivity index (χ3n) is 1.47. The minimum absolute atomic E-state index is 0.188. The number of carbonyl (C=O) groups is 1. The van der Waals surface area contributed by atoms with Crippen LogP contribution in [0.2, 0.25) is 0 Å². The molecule has 0 aliphatic rings. The molecule has 0 rings (SSSR count). The van der Waals surface area contributed by atoms with Gasteiger partial charge in [-0.2, -0.15) is 13.2 Å². The Morgan fingerprint density at radius 2 is 2.00 bits per heavy atom. The van der Waals surface area contributed by atoms with Crippen molar-refractivity contribution in [2.45, 2.75) is 32.5 Å². The standard InChI is InChI=1S/C8H15F3N2O2/c1-5(2)3-6(12)7(14)13-15-4-8(9,10)11/h5-6H,3-4,12H2,1-2H3,(H,13,14)/t6-/m0/s1. The monoisotopic (exact) mass is 228 g/mol. The largest absolute Gasteiger partial charge is 0.414 e. The number of nitrogens with two attached hydrogens (primary N) is 1. The van der Waals surface area contributed by atoms with Crippen molar-refractivity contribution < 1.29 is 22.8 Å². The Hall–Kier alpha value is -0.820. The first-order valence-corrected chi connectivity index (χ1v) is 4.46. The number of hydrogen-bond donors (Lipinski definition) is 2. The van der Waals surface area contributed by atoms with Crippen molar-refractivity contribution in [1.29, 1.82) is 0 Å². The van der Waals surface area contributed by atoms with E-state index in [0.717, 1.165) is 0 Å². The normalized spacial score (nSPS) is 14.1. The molecule has 1 amide bonds. The average Bonchev–Trinajstić information content (AvgIpc) is 2.00. The Kier molecular flexibility index (Phi) is 5.59. The SMILES string of the molecule is CC(C)C[C@H](N)C(=O)NOCC(F)(F)F. The van der Waals surface area contributed by atoms with Crippen molar-refractivity contribution in [3.05, 3.63) is 0 Å². The molecule has 0 aliphatic heterocycles. The van der Waals surface area contributed by atoms with Crippen molar-refractivity contribution in [2.24, 2.45) is 11.7 Å². The second kappa shape index (κ2) is 5.92. The molecule has 0 aromatic carbocycles. The number of alkyl halides is 3. The third-order valence-corrected chi connectivity index (χ3v) is 1.47. The van der Waals surface area contributed by atoms with Crippen molar-refractivity contribution in [3.63, 3.8) is 0 Å². The van der Waals surface area contributed by atoms with Crippen LogP contribution in [0.3, 0.4) is 0 Å². The van der Waals surface area contributed by atoms with Gasteiger partial charge >= 0.3 is 6.18 Å². The van der Waals surface area contributed by atoms with Crippen LogP contribution < -0.4 is 11.2 Å². The number of carbonyl (C=O) groups excluding carboxylic acids is 1. The Balaban J connectivity index is 3.74. The van der Waals surface area contributed by atoms with E-state index in [2.05, 4.69) is 4.84 Å². The molecule has 0 saturated heterocycles. The summed E-state index contributed by atoms with van der Waals surface area (Å²) in [4.78, 5) is 15.0. The fourth-order valence-electron chi connectivity index (χ4n) is 0.880. The molecule has 90 valence electrons. The lowest BCUT2D eigenvalue weighted by Gasteiger charge is -2.14. The van der Waals surface area contributed by atoms with Crippen molar-refractivity contribution in [1.82, 2.24) is 5.48 Å². The summed E-state index contributed by atoms with van der Waals surface area (Å²) in [5, 5.41) is 0. The molecular formula is C8H15F3N2O2. The van der Waals surface area contributed by atoms with E-state index in [9.17, 15) is 18.0 Å². The highest BCUT2D eigenvalue weighted by atomic mass is 19.4. The first-order valence-electron chi connectivity index (χ1n) is 4.46. The average molecular weight is 228 g/mol. The van der Waals surface area contributed by atoms with Crippen LogP contribution in [0.25, 0.3) is 0 Å². The fourth-order valence-corrected chi connectivity index (χ4v) is 0.880. The highest BCUT2D eigenvalue weighted by Gasteiger charge is 2.28. The maximum atomic E-state index is 11.6. The molecule has 4 nitrogen and oxygen atoms in total. The number of amides is 1. The van der Waals surface area contributed by atoms with Gasteiger partial charge in [0, 0.05) is 0 Å². The van der Waals surface area contributed by atoms with Crippen LogP contribution in [-0.4, -0.2) is 24.7 Å². The fraction of sp³-hybridized carbons (Fsp3) is 0.875. The maximum Gasteiger partial charge on any atom is 0.414 e. The van der Waals surface area contributed by atoms with Gasteiger partial charge in [0.05, 0.1) is 6.04 Å². The zero-order valence-corrected chi connectivity index (χ0v) is 8.60. The molecule has 0 aliphatic carbocycles.